The number of hydrogen-bond donors (Lipinski definition) is 2. The van der Waals surface area contributed by atoms with E-state index in [9.17, 15) is 4.79 Å². The first-order chi connectivity index (χ1) is 15.9. The standard InChI is InChI=1S/C26H26F2N2O3/c1-17-7-6-10-19(13-17)26(27,28)24-15-23(21-14-20(32-2)11-12-22(21)29-24)30-25(31)33-16-18-8-4-3-5-9-18/h3-14,23-24,29H,15-16H2,1-2H3,(H,30,31)/t23-,24-/m0/s1. The highest BCUT2D eigenvalue weighted by Crippen LogP contribution is 2.43. The first-order valence-corrected chi connectivity index (χ1v) is 10.7. The summed E-state index contributed by atoms with van der Waals surface area (Å²) in [5, 5.41) is 5.74. The molecule has 3 aromatic rings. The molecule has 0 unspecified atom stereocenters. The van der Waals surface area contributed by atoms with E-state index in [2.05, 4.69) is 10.6 Å². The van der Waals surface area contributed by atoms with E-state index in [0.29, 0.717) is 17.0 Å². The third-order valence-electron chi connectivity index (χ3n) is 5.78. The molecule has 7 heteroatoms. The second-order valence-corrected chi connectivity index (χ2v) is 8.14. The summed E-state index contributed by atoms with van der Waals surface area (Å²) in [7, 11) is 1.53. The highest BCUT2D eigenvalue weighted by molar-refractivity contribution is 5.70. The Morgan fingerprint density at radius 2 is 1.88 bits per heavy atom. The smallest absolute Gasteiger partial charge is 0.407 e. The number of nitrogens with one attached hydrogen (secondary N) is 2. The number of anilines is 1. The zero-order valence-electron chi connectivity index (χ0n) is 18.5. The van der Waals surface area contributed by atoms with Gasteiger partial charge in [-0.3, -0.25) is 0 Å². The van der Waals surface area contributed by atoms with Crippen molar-refractivity contribution in [2.24, 2.45) is 0 Å². The van der Waals surface area contributed by atoms with E-state index < -0.39 is 24.1 Å². The van der Waals surface area contributed by atoms with E-state index in [-0.39, 0.29) is 18.6 Å². The van der Waals surface area contributed by atoms with Crippen molar-refractivity contribution in [3.8, 4) is 5.75 Å². The van der Waals surface area contributed by atoms with Crippen LogP contribution in [0.5, 0.6) is 5.75 Å². The molecule has 0 spiro atoms. The third kappa shape index (κ3) is 5.08. The predicted octanol–water partition coefficient (Wildman–Crippen LogP) is 5.95. The number of alkyl carbamates (subject to hydrolysis) is 1. The number of ether oxygens (including phenoxy) is 2. The average Bonchev–Trinajstić information content (AvgIpc) is 2.83. The van der Waals surface area contributed by atoms with Gasteiger partial charge in [0.2, 0.25) is 0 Å². The Bertz CT molecular complexity index is 1120. The minimum absolute atomic E-state index is 0.0262. The summed E-state index contributed by atoms with van der Waals surface area (Å²) in [4.78, 5) is 12.5. The predicted molar refractivity (Wildman–Crippen MR) is 123 cm³/mol. The van der Waals surface area contributed by atoms with Gasteiger partial charge in [-0.1, -0.05) is 60.2 Å². The Balaban J connectivity index is 1.57. The maximum Gasteiger partial charge on any atom is 0.407 e. The SMILES string of the molecule is COc1ccc2c(c1)[C@@H](NC(=O)OCc1ccccc1)C[C@@H](C(F)(F)c1cccc(C)c1)N2. The van der Waals surface area contributed by atoms with Crippen LogP contribution < -0.4 is 15.4 Å². The fourth-order valence-corrected chi connectivity index (χ4v) is 4.03. The Kier molecular flexibility index (Phi) is 6.49. The van der Waals surface area contributed by atoms with Gasteiger partial charge < -0.3 is 20.1 Å². The molecule has 3 aromatic carbocycles. The average molecular weight is 453 g/mol. The molecular weight excluding hydrogens is 426 g/mol. The zero-order valence-corrected chi connectivity index (χ0v) is 18.5. The number of rotatable bonds is 6. The van der Waals surface area contributed by atoms with Crippen LogP contribution in [0, 0.1) is 6.92 Å². The van der Waals surface area contributed by atoms with Crippen LogP contribution in [0.25, 0.3) is 0 Å². The van der Waals surface area contributed by atoms with Gasteiger partial charge in [0, 0.05) is 16.8 Å². The molecule has 0 aliphatic carbocycles. The van der Waals surface area contributed by atoms with Crippen molar-refractivity contribution in [3.63, 3.8) is 0 Å². The maximum atomic E-state index is 15.5. The molecule has 0 bridgehead atoms. The number of aryl methyl sites for hydroxylation is 1. The first-order valence-electron chi connectivity index (χ1n) is 10.7. The Hall–Kier alpha value is -3.61. The first kappa shape index (κ1) is 22.6. The Morgan fingerprint density at radius 3 is 2.61 bits per heavy atom. The number of benzene rings is 3. The highest BCUT2D eigenvalue weighted by Gasteiger charge is 2.45. The van der Waals surface area contributed by atoms with E-state index in [1.807, 2.05) is 30.3 Å². The lowest BCUT2D eigenvalue weighted by Gasteiger charge is -2.37. The summed E-state index contributed by atoms with van der Waals surface area (Å²) in [6.07, 6.45) is -0.696. The lowest BCUT2D eigenvalue weighted by atomic mass is 9.87. The van der Waals surface area contributed by atoms with Crippen molar-refractivity contribution in [2.45, 2.75) is 38.0 Å². The van der Waals surface area contributed by atoms with Crippen LogP contribution in [0.4, 0.5) is 19.3 Å². The van der Waals surface area contributed by atoms with Crippen LogP contribution in [0.3, 0.4) is 0 Å². The molecule has 1 heterocycles. The molecule has 33 heavy (non-hydrogen) atoms. The van der Waals surface area contributed by atoms with Gasteiger partial charge >= 0.3 is 6.09 Å². The van der Waals surface area contributed by atoms with Crippen molar-refractivity contribution in [3.05, 3.63) is 95.1 Å². The molecule has 1 aliphatic heterocycles. The van der Waals surface area contributed by atoms with Crippen LogP contribution in [0.1, 0.15) is 34.7 Å². The summed E-state index contributed by atoms with van der Waals surface area (Å²) in [6, 6.07) is 18.8. The lowest BCUT2D eigenvalue weighted by Crippen LogP contribution is -2.45. The number of alkyl halides is 2. The molecular formula is C26H26F2N2O3. The van der Waals surface area contributed by atoms with Gasteiger partial charge in [-0.2, -0.15) is 8.78 Å². The van der Waals surface area contributed by atoms with Crippen molar-refractivity contribution in [2.75, 3.05) is 12.4 Å². The van der Waals surface area contributed by atoms with Gasteiger partial charge in [0.05, 0.1) is 19.2 Å². The summed E-state index contributed by atoms with van der Waals surface area (Å²) in [6.45, 7) is 1.87. The molecule has 0 fully saturated rings. The minimum atomic E-state index is -3.16. The van der Waals surface area contributed by atoms with Crippen LogP contribution >= 0.6 is 0 Å². The van der Waals surface area contributed by atoms with E-state index in [0.717, 1.165) is 11.1 Å². The summed E-state index contributed by atoms with van der Waals surface area (Å²) >= 11 is 0. The molecule has 5 nitrogen and oxygen atoms in total. The van der Waals surface area contributed by atoms with Gasteiger partial charge in [0.25, 0.3) is 5.92 Å². The van der Waals surface area contributed by atoms with Crippen LogP contribution in [-0.4, -0.2) is 19.2 Å². The van der Waals surface area contributed by atoms with Crippen LogP contribution in [0.2, 0.25) is 0 Å². The van der Waals surface area contributed by atoms with Crippen molar-refractivity contribution in [1.29, 1.82) is 0 Å². The van der Waals surface area contributed by atoms with Crippen molar-refractivity contribution < 1.29 is 23.0 Å². The quantitative estimate of drug-likeness (QED) is 0.485. The second kappa shape index (κ2) is 9.48. The van der Waals surface area contributed by atoms with E-state index in [1.165, 1.54) is 19.2 Å². The van der Waals surface area contributed by atoms with Gasteiger partial charge in [-0.05, 0) is 37.1 Å². The summed E-state index contributed by atoms with van der Waals surface area (Å²) in [5.41, 5.74) is 2.72. The number of halogens is 2. The van der Waals surface area contributed by atoms with Crippen molar-refractivity contribution >= 4 is 11.8 Å². The monoisotopic (exact) mass is 452 g/mol. The zero-order chi connectivity index (χ0) is 23.4. The Labute approximate surface area is 191 Å². The highest BCUT2D eigenvalue weighted by atomic mass is 19.3. The summed E-state index contributed by atoms with van der Waals surface area (Å²) < 4.78 is 41.7. The largest absolute Gasteiger partial charge is 0.497 e. The number of hydrogen-bond acceptors (Lipinski definition) is 4. The molecule has 0 saturated heterocycles. The Morgan fingerprint density at radius 1 is 1.09 bits per heavy atom. The van der Waals surface area contributed by atoms with Crippen LogP contribution in [-0.2, 0) is 17.3 Å². The third-order valence-corrected chi connectivity index (χ3v) is 5.78. The molecule has 0 saturated carbocycles. The molecule has 0 aromatic heterocycles. The lowest BCUT2D eigenvalue weighted by molar-refractivity contribution is -0.0309. The number of carbonyl (C=O) groups excluding carboxylic acids is 1. The van der Waals surface area contributed by atoms with E-state index in [4.69, 9.17) is 9.47 Å². The molecule has 2 N–H and O–H groups in total. The number of fused-ring (bicyclic) bond motifs is 1. The van der Waals surface area contributed by atoms with Crippen LogP contribution in [0.15, 0.2) is 72.8 Å². The fourth-order valence-electron chi connectivity index (χ4n) is 4.03. The van der Waals surface area contributed by atoms with Gasteiger partial charge in [0.1, 0.15) is 12.4 Å². The van der Waals surface area contributed by atoms with Gasteiger partial charge in [0.15, 0.2) is 0 Å². The van der Waals surface area contributed by atoms with Gasteiger partial charge in [-0.15, -0.1) is 0 Å². The van der Waals surface area contributed by atoms with E-state index in [1.54, 1.807) is 37.3 Å². The van der Waals surface area contributed by atoms with Gasteiger partial charge in [-0.25, -0.2) is 4.79 Å². The molecule has 1 amide bonds. The molecule has 172 valence electrons. The van der Waals surface area contributed by atoms with Crippen molar-refractivity contribution in [1.82, 2.24) is 5.32 Å². The molecule has 2 atom stereocenters. The number of methoxy groups -OCH3 is 1. The number of carbonyl (C=O) groups is 1. The van der Waals surface area contributed by atoms with E-state index >= 15 is 8.78 Å². The number of amides is 1. The molecule has 0 radical (unpaired) electrons. The topological polar surface area (TPSA) is 59.6 Å². The maximum absolute atomic E-state index is 15.5. The minimum Gasteiger partial charge on any atom is -0.497 e. The second-order valence-electron chi connectivity index (χ2n) is 8.14. The molecule has 4 rings (SSSR count). The fraction of sp³-hybridized carbons (Fsp3) is 0.269. The summed E-state index contributed by atoms with van der Waals surface area (Å²) in [5.74, 6) is -2.58. The molecule has 1 aliphatic rings. The normalized spacial score (nSPS) is 17.5.